The summed E-state index contributed by atoms with van der Waals surface area (Å²) in [7, 11) is 0. The topological polar surface area (TPSA) is 42.0 Å². The molecule has 0 unspecified atom stereocenters. The van der Waals surface area contributed by atoms with Crippen molar-refractivity contribution in [1.82, 2.24) is 4.98 Å². The number of allylic oxidation sites excluding steroid dienone is 1. The van der Waals surface area contributed by atoms with Gasteiger partial charge in [0.1, 0.15) is 5.01 Å². The number of carbonyl (C=O) groups excluding carboxylic acids is 1. The minimum absolute atomic E-state index is 0.104. The molecule has 0 aliphatic rings. The standard InChI is InChI=1S/C19H18N2OS/c1-12(2)10-18(22)20-15-7-5-14(6-8-15)19-21-16-9-4-13(3)11-17(16)23-19/h4-11H,1-3H3,(H,20,22). The quantitative estimate of drug-likeness (QED) is 0.675. The summed E-state index contributed by atoms with van der Waals surface area (Å²) in [6.45, 7) is 5.89. The van der Waals surface area contributed by atoms with Gasteiger partial charge in [-0.25, -0.2) is 4.98 Å². The number of benzene rings is 2. The van der Waals surface area contributed by atoms with E-state index < -0.39 is 0 Å². The van der Waals surface area contributed by atoms with Crippen molar-refractivity contribution in [2.45, 2.75) is 20.8 Å². The summed E-state index contributed by atoms with van der Waals surface area (Å²) in [5.74, 6) is -0.104. The third-order valence-electron chi connectivity index (χ3n) is 3.36. The van der Waals surface area contributed by atoms with Gasteiger partial charge < -0.3 is 5.32 Å². The number of hydrogen-bond donors (Lipinski definition) is 1. The van der Waals surface area contributed by atoms with Crippen LogP contribution in [0.2, 0.25) is 0 Å². The predicted molar refractivity (Wildman–Crippen MR) is 97.9 cm³/mol. The molecule has 0 atom stereocenters. The third-order valence-corrected chi connectivity index (χ3v) is 4.43. The van der Waals surface area contributed by atoms with Gasteiger partial charge in [0.25, 0.3) is 0 Å². The lowest BCUT2D eigenvalue weighted by molar-refractivity contribution is -0.111. The summed E-state index contributed by atoms with van der Waals surface area (Å²) in [6.07, 6.45) is 1.59. The van der Waals surface area contributed by atoms with E-state index in [9.17, 15) is 4.79 Å². The van der Waals surface area contributed by atoms with Gasteiger partial charge in [0, 0.05) is 17.3 Å². The van der Waals surface area contributed by atoms with Gasteiger partial charge in [-0.2, -0.15) is 0 Å². The fourth-order valence-electron chi connectivity index (χ4n) is 2.29. The van der Waals surface area contributed by atoms with Crippen LogP contribution in [0.5, 0.6) is 0 Å². The van der Waals surface area contributed by atoms with E-state index in [4.69, 9.17) is 0 Å². The van der Waals surface area contributed by atoms with Crippen LogP contribution >= 0.6 is 11.3 Å². The Morgan fingerprint density at radius 1 is 1.13 bits per heavy atom. The van der Waals surface area contributed by atoms with Crippen LogP contribution in [0.15, 0.2) is 54.1 Å². The van der Waals surface area contributed by atoms with Crippen LogP contribution in [0.4, 0.5) is 5.69 Å². The Morgan fingerprint density at radius 2 is 1.87 bits per heavy atom. The molecule has 0 bridgehead atoms. The van der Waals surface area contributed by atoms with E-state index in [0.29, 0.717) is 0 Å². The predicted octanol–water partition coefficient (Wildman–Crippen LogP) is 5.18. The lowest BCUT2D eigenvalue weighted by atomic mass is 10.2. The number of carbonyl (C=O) groups is 1. The van der Waals surface area contributed by atoms with Gasteiger partial charge in [-0.15, -0.1) is 11.3 Å². The first-order chi connectivity index (χ1) is 11.0. The number of aromatic nitrogens is 1. The van der Waals surface area contributed by atoms with Crippen LogP contribution < -0.4 is 5.32 Å². The largest absolute Gasteiger partial charge is 0.323 e. The van der Waals surface area contributed by atoms with Crippen LogP contribution in [0.25, 0.3) is 20.8 Å². The summed E-state index contributed by atoms with van der Waals surface area (Å²) in [5.41, 5.74) is 5.09. The lowest BCUT2D eigenvalue weighted by Gasteiger charge is -2.03. The van der Waals surface area contributed by atoms with Crippen molar-refractivity contribution in [2.24, 2.45) is 0 Å². The normalized spacial score (nSPS) is 10.6. The number of hydrogen-bond acceptors (Lipinski definition) is 3. The number of nitrogens with zero attached hydrogens (tertiary/aromatic N) is 1. The van der Waals surface area contributed by atoms with Gasteiger partial charge >= 0.3 is 0 Å². The average molecular weight is 322 g/mol. The maximum Gasteiger partial charge on any atom is 0.248 e. The van der Waals surface area contributed by atoms with Crippen molar-refractivity contribution >= 4 is 33.1 Å². The highest BCUT2D eigenvalue weighted by Crippen LogP contribution is 2.31. The fraction of sp³-hybridized carbons (Fsp3) is 0.158. The van der Waals surface area contributed by atoms with E-state index in [0.717, 1.165) is 27.3 Å². The monoisotopic (exact) mass is 322 g/mol. The van der Waals surface area contributed by atoms with E-state index >= 15 is 0 Å². The molecule has 2 aromatic carbocycles. The van der Waals surface area contributed by atoms with Crippen molar-refractivity contribution in [3.05, 3.63) is 59.7 Å². The molecule has 3 rings (SSSR count). The number of aryl methyl sites for hydroxylation is 1. The Balaban J connectivity index is 1.83. The van der Waals surface area contributed by atoms with E-state index in [-0.39, 0.29) is 5.91 Å². The van der Waals surface area contributed by atoms with E-state index in [1.165, 1.54) is 10.3 Å². The van der Waals surface area contributed by atoms with Gasteiger partial charge in [0.05, 0.1) is 10.2 Å². The molecule has 3 aromatic rings. The lowest BCUT2D eigenvalue weighted by Crippen LogP contribution is -2.08. The number of amides is 1. The van der Waals surface area contributed by atoms with Crippen molar-refractivity contribution in [2.75, 3.05) is 5.32 Å². The Labute approximate surface area is 139 Å². The molecule has 116 valence electrons. The molecule has 4 heteroatoms. The molecule has 3 nitrogen and oxygen atoms in total. The summed E-state index contributed by atoms with van der Waals surface area (Å²) >= 11 is 1.68. The molecule has 0 aliphatic carbocycles. The molecule has 1 heterocycles. The van der Waals surface area contributed by atoms with Crippen molar-refractivity contribution in [3.8, 4) is 10.6 Å². The molecule has 1 aromatic heterocycles. The van der Waals surface area contributed by atoms with Crippen LogP contribution in [-0.2, 0) is 4.79 Å². The second-order valence-corrected chi connectivity index (χ2v) is 6.81. The zero-order valence-corrected chi connectivity index (χ0v) is 14.2. The van der Waals surface area contributed by atoms with Gasteiger partial charge in [-0.1, -0.05) is 11.6 Å². The maximum absolute atomic E-state index is 11.7. The summed E-state index contributed by atoms with van der Waals surface area (Å²) in [6, 6.07) is 14.1. The molecule has 1 N–H and O–H groups in total. The molecule has 0 saturated carbocycles. The molecular formula is C19H18N2OS. The van der Waals surface area contributed by atoms with Crippen molar-refractivity contribution < 1.29 is 4.79 Å². The number of fused-ring (bicyclic) bond motifs is 1. The first-order valence-electron chi connectivity index (χ1n) is 7.45. The van der Waals surface area contributed by atoms with Gasteiger partial charge in [0.15, 0.2) is 0 Å². The zero-order chi connectivity index (χ0) is 16.4. The molecule has 0 fully saturated rings. The number of nitrogens with one attached hydrogen (secondary N) is 1. The van der Waals surface area contributed by atoms with Gasteiger partial charge in [-0.05, 0) is 62.7 Å². The highest BCUT2D eigenvalue weighted by molar-refractivity contribution is 7.21. The van der Waals surface area contributed by atoms with Gasteiger partial charge in [0.2, 0.25) is 5.91 Å². The third kappa shape index (κ3) is 3.66. The second kappa shape index (κ2) is 6.34. The zero-order valence-electron chi connectivity index (χ0n) is 13.4. The average Bonchev–Trinajstić information content (AvgIpc) is 2.90. The number of rotatable bonds is 3. The fourth-order valence-corrected chi connectivity index (χ4v) is 3.36. The summed E-state index contributed by atoms with van der Waals surface area (Å²) in [4.78, 5) is 16.4. The van der Waals surface area contributed by atoms with Crippen LogP contribution in [-0.4, -0.2) is 10.9 Å². The highest BCUT2D eigenvalue weighted by atomic mass is 32.1. The Kier molecular flexibility index (Phi) is 4.26. The maximum atomic E-state index is 11.7. The van der Waals surface area contributed by atoms with Gasteiger partial charge in [-0.3, -0.25) is 4.79 Å². The van der Waals surface area contributed by atoms with Crippen molar-refractivity contribution in [1.29, 1.82) is 0 Å². The minimum Gasteiger partial charge on any atom is -0.323 e. The highest BCUT2D eigenvalue weighted by Gasteiger charge is 2.07. The molecule has 0 radical (unpaired) electrons. The first-order valence-corrected chi connectivity index (χ1v) is 8.26. The Hall–Kier alpha value is -2.46. The van der Waals surface area contributed by atoms with Crippen LogP contribution in [0.3, 0.4) is 0 Å². The number of thiazole rings is 1. The molecule has 0 aliphatic heterocycles. The van der Waals surface area contributed by atoms with Crippen molar-refractivity contribution in [3.63, 3.8) is 0 Å². The molecule has 0 saturated heterocycles. The Bertz CT molecular complexity index is 887. The summed E-state index contributed by atoms with van der Waals surface area (Å²) < 4.78 is 1.20. The Morgan fingerprint density at radius 3 is 2.57 bits per heavy atom. The van der Waals surface area contributed by atoms with E-state index in [2.05, 4.69) is 35.4 Å². The molecule has 23 heavy (non-hydrogen) atoms. The second-order valence-electron chi connectivity index (χ2n) is 5.78. The first kappa shape index (κ1) is 15.4. The van der Waals surface area contributed by atoms with Crippen LogP contribution in [0.1, 0.15) is 19.4 Å². The molecule has 0 spiro atoms. The minimum atomic E-state index is -0.104. The van der Waals surface area contributed by atoms with E-state index in [1.54, 1.807) is 17.4 Å². The summed E-state index contributed by atoms with van der Waals surface area (Å²) in [5, 5.41) is 3.85. The molecule has 1 amide bonds. The SMILES string of the molecule is CC(C)=CC(=O)Nc1ccc(-c2nc3ccc(C)cc3s2)cc1. The molecular weight excluding hydrogens is 304 g/mol. The van der Waals surface area contributed by atoms with E-state index in [1.807, 2.05) is 38.1 Å². The smallest absolute Gasteiger partial charge is 0.248 e. The van der Waals surface area contributed by atoms with Crippen LogP contribution in [0, 0.1) is 6.92 Å². The number of anilines is 1.